The van der Waals surface area contributed by atoms with E-state index < -0.39 is 23.8 Å². The highest BCUT2D eigenvalue weighted by Gasteiger charge is 2.39. The van der Waals surface area contributed by atoms with Gasteiger partial charge < -0.3 is 9.64 Å². The summed E-state index contributed by atoms with van der Waals surface area (Å²) in [5.74, 6) is -1.09. The van der Waals surface area contributed by atoms with E-state index >= 15 is 0 Å². The van der Waals surface area contributed by atoms with Crippen molar-refractivity contribution in [3.63, 3.8) is 0 Å². The number of aryl methyl sites for hydroxylation is 2. The number of ether oxygens (including phenoxy) is 1. The largest absolute Gasteiger partial charge is 0.483 e. The van der Waals surface area contributed by atoms with E-state index in [1.807, 2.05) is 19.9 Å². The molecule has 1 atom stereocenters. The molecule has 178 valence electrons. The van der Waals surface area contributed by atoms with Crippen molar-refractivity contribution in [2.75, 3.05) is 13.1 Å². The van der Waals surface area contributed by atoms with E-state index in [4.69, 9.17) is 10.00 Å². The summed E-state index contributed by atoms with van der Waals surface area (Å²) >= 11 is 0. The van der Waals surface area contributed by atoms with Crippen molar-refractivity contribution in [3.05, 3.63) is 64.6 Å². The summed E-state index contributed by atoms with van der Waals surface area (Å²) in [7, 11) is 0. The van der Waals surface area contributed by atoms with E-state index in [9.17, 15) is 13.6 Å². The Kier molecular flexibility index (Phi) is 5.64. The van der Waals surface area contributed by atoms with Crippen LogP contribution < -0.4 is 4.74 Å². The summed E-state index contributed by atoms with van der Waals surface area (Å²) in [5.41, 5.74) is 3.56. The van der Waals surface area contributed by atoms with Crippen molar-refractivity contribution < 1.29 is 18.3 Å². The van der Waals surface area contributed by atoms with Gasteiger partial charge in [-0.2, -0.15) is 15.5 Å². The van der Waals surface area contributed by atoms with Crippen LogP contribution in [0.4, 0.5) is 13.6 Å². The van der Waals surface area contributed by atoms with Crippen LogP contribution in [0.5, 0.6) is 5.75 Å². The number of nitriles is 1. The quantitative estimate of drug-likeness (QED) is 0.614. The van der Waals surface area contributed by atoms with Gasteiger partial charge in [-0.15, -0.1) is 0 Å². The second kappa shape index (κ2) is 8.79. The third-order valence-corrected chi connectivity index (χ3v) is 6.08. The predicted octanol–water partition coefficient (Wildman–Crippen LogP) is 3.85. The van der Waals surface area contributed by atoms with Crippen LogP contribution in [0.1, 0.15) is 35.0 Å². The molecule has 0 spiro atoms. The first-order chi connectivity index (χ1) is 16.8. The second-order valence-electron chi connectivity index (χ2n) is 8.52. The van der Waals surface area contributed by atoms with Crippen molar-refractivity contribution in [2.45, 2.75) is 32.4 Å². The standard InChI is InChI=1S/C24H21F2N7O2/c1-13-23(14(2)31-30-13)20-8-22(19(26)10-28-20)35-18-11-32(12-18)24(34)33-21(3-4-29-33)16-5-15(9-27)6-17(25)7-16/h4-8,10,18,21H,3,11-12H2,1-2H3,(H,30,31)/t21-/m0/s1. The molecule has 1 saturated heterocycles. The number of H-pyrrole nitrogens is 1. The van der Waals surface area contributed by atoms with E-state index in [1.54, 1.807) is 12.3 Å². The lowest BCUT2D eigenvalue weighted by Crippen LogP contribution is -2.58. The zero-order chi connectivity index (χ0) is 24.7. The molecule has 4 heterocycles. The van der Waals surface area contributed by atoms with Gasteiger partial charge in [-0.05, 0) is 37.6 Å². The van der Waals surface area contributed by atoms with Gasteiger partial charge in [0.2, 0.25) is 0 Å². The van der Waals surface area contributed by atoms with Gasteiger partial charge in [0.15, 0.2) is 11.6 Å². The molecule has 2 aromatic heterocycles. The first-order valence-electron chi connectivity index (χ1n) is 11.0. The molecule has 0 saturated carbocycles. The van der Waals surface area contributed by atoms with E-state index in [-0.39, 0.29) is 30.4 Å². The van der Waals surface area contributed by atoms with Crippen LogP contribution in [0.2, 0.25) is 0 Å². The van der Waals surface area contributed by atoms with Crippen molar-refractivity contribution in [3.8, 4) is 23.1 Å². The molecule has 1 aromatic carbocycles. The van der Waals surface area contributed by atoms with Gasteiger partial charge in [0.25, 0.3) is 0 Å². The molecule has 2 aliphatic rings. The molecule has 0 bridgehead atoms. The molecule has 1 N–H and O–H groups in total. The number of nitrogens with zero attached hydrogens (tertiary/aromatic N) is 6. The van der Waals surface area contributed by atoms with Crippen molar-refractivity contribution in [1.82, 2.24) is 25.1 Å². The maximum atomic E-state index is 14.4. The molecule has 2 amide bonds. The maximum Gasteiger partial charge on any atom is 0.341 e. The SMILES string of the molecule is Cc1n[nH]c(C)c1-c1cc(OC2CN(C(=O)N3N=CC[C@H]3c3cc(F)cc(C#N)c3)C2)c(F)cn1. The molecular formula is C24H21F2N7O2. The second-order valence-corrected chi connectivity index (χ2v) is 8.52. The number of hydrogen-bond acceptors (Lipinski definition) is 6. The van der Waals surface area contributed by atoms with Gasteiger partial charge in [0, 0.05) is 30.0 Å². The third kappa shape index (κ3) is 4.19. The minimum absolute atomic E-state index is 0.0490. The Labute approximate surface area is 199 Å². The van der Waals surface area contributed by atoms with Crippen molar-refractivity contribution in [1.29, 1.82) is 5.26 Å². The number of rotatable bonds is 4. The molecule has 1 fully saturated rings. The summed E-state index contributed by atoms with van der Waals surface area (Å²) in [4.78, 5) is 18.7. The van der Waals surface area contributed by atoms with Gasteiger partial charge in [0.05, 0.1) is 48.3 Å². The summed E-state index contributed by atoms with van der Waals surface area (Å²) < 4.78 is 34.1. The van der Waals surface area contributed by atoms with Crippen LogP contribution in [-0.4, -0.2) is 56.5 Å². The fraction of sp³-hybridized carbons (Fsp3) is 0.292. The van der Waals surface area contributed by atoms with Gasteiger partial charge >= 0.3 is 6.03 Å². The fourth-order valence-corrected chi connectivity index (χ4v) is 4.31. The number of benzene rings is 1. The topological polar surface area (TPSA) is 110 Å². The van der Waals surface area contributed by atoms with Gasteiger partial charge in [0.1, 0.15) is 11.9 Å². The van der Waals surface area contributed by atoms with Crippen molar-refractivity contribution >= 4 is 12.2 Å². The molecule has 0 radical (unpaired) electrons. The first kappa shape index (κ1) is 22.5. The number of halogens is 2. The number of hydrazone groups is 1. The zero-order valence-electron chi connectivity index (χ0n) is 19.0. The number of aromatic amines is 1. The number of carbonyl (C=O) groups is 1. The zero-order valence-corrected chi connectivity index (χ0v) is 19.0. The highest BCUT2D eigenvalue weighted by atomic mass is 19.1. The Bertz CT molecular complexity index is 1360. The molecule has 9 nitrogen and oxygen atoms in total. The monoisotopic (exact) mass is 477 g/mol. The minimum Gasteiger partial charge on any atom is -0.483 e. The number of nitrogens with one attached hydrogen (secondary N) is 1. The summed E-state index contributed by atoms with van der Waals surface area (Å²) in [5, 5.41) is 21.6. The molecule has 0 unspecified atom stereocenters. The molecule has 2 aliphatic heterocycles. The fourth-order valence-electron chi connectivity index (χ4n) is 4.31. The Morgan fingerprint density at radius 1 is 1.23 bits per heavy atom. The van der Waals surface area contributed by atoms with E-state index in [1.165, 1.54) is 22.0 Å². The summed E-state index contributed by atoms with van der Waals surface area (Å²) in [6, 6.07) is 6.57. The Balaban J connectivity index is 1.25. The highest BCUT2D eigenvalue weighted by Crippen LogP contribution is 2.33. The highest BCUT2D eigenvalue weighted by molar-refractivity contribution is 5.79. The normalized spacial score (nSPS) is 17.4. The third-order valence-electron chi connectivity index (χ3n) is 6.08. The van der Waals surface area contributed by atoms with Crippen molar-refractivity contribution in [2.24, 2.45) is 5.10 Å². The Morgan fingerprint density at radius 2 is 2.03 bits per heavy atom. The number of aromatic nitrogens is 3. The van der Waals surface area contributed by atoms with Gasteiger partial charge in [-0.25, -0.2) is 18.6 Å². The first-order valence-corrected chi connectivity index (χ1v) is 11.0. The average molecular weight is 477 g/mol. The van der Waals surface area contributed by atoms with Crippen LogP contribution in [0.3, 0.4) is 0 Å². The van der Waals surface area contributed by atoms with Crippen LogP contribution in [-0.2, 0) is 0 Å². The Morgan fingerprint density at radius 3 is 2.74 bits per heavy atom. The van der Waals surface area contributed by atoms with E-state index in [2.05, 4.69) is 20.3 Å². The molecule has 5 rings (SSSR count). The van der Waals surface area contributed by atoms with Gasteiger partial charge in [-0.3, -0.25) is 10.1 Å². The molecule has 3 aromatic rings. The van der Waals surface area contributed by atoms with Crippen LogP contribution in [0, 0.1) is 36.8 Å². The van der Waals surface area contributed by atoms with Crippen LogP contribution in [0.25, 0.3) is 11.3 Å². The van der Waals surface area contributed by atoms with Gasteiger partial charge in [-0.1, -0.05) is 0 Å². The number of likely N-dealkylation sites (tertiary alicyclic amines) is 1. The number of urea groups is 1. The van der Waals surface area contributed by atoms with E-state index in [0.717, 1.165) is 29.2 Å². The summed E-state index contributed by atoms with van der Waals surface area (Å²) in [6.45, 7) is 4.17. The lowest BCUT2D eigenvalue weighted by molar-refractivity contribution is 0.0257. The number of hydrogen-bond donors (Lipinski definition) is 1. The minimum atomic E-state index is -0.596. The van der Waals surface area contributed by atoms with Crippen LogP contribution in [0.15, 0.2) is 35.6 Å². The molecule has 35 heavy (non-hydrogen) atoms. The number of amides is 2. The number of carbonyl (C=O) groups excluding carboxylic acids is 1. The summed E-state index contributed by atoms with van der Waals surface area (Å²) in [6.07, 6.45) is 2.70. The lowest BCUT2D eigenvalue weighted by atomic mass is 10.0. The maximum absolute atomic E-state index is 14.4. The average Bonchev–Trinajstić information content (AvgIpc) is 3.43. The molecular weight excluding hydrogens is 456 g/mol. The smallest absolute Gasteiger partial charge is 0.341 e. The van der Waals surface area contributed by atoms with E-state index in [0.29, 0.717) is 17.7 Å². The molecule has 0 aliphatic carbocycles. The predicted molar refractivity (Wildman–Crippen MR) is 121 cm³/mol. The molecule has 11 heteroatoms. The lowest BCUT2D eigenvalue weighted by Gasteiger charge is -2.41. The Hall–Kier alpha value is -4.33. The number of pyridine rings is 1. The van der Waals surface area contributed by atoms with Crippen LogP contribution >= 0.6 is 0 Å².